The molecule has 1 nitrogen and oxygen atoms in total. The molecule has 2 unspecified atom stereocenters. The average molecular weight is 168 g/mol. The summed E-state index contributed by atoms with van der Waals surface area (Å²) in [5.41, 5.74) is 0.484. The lowest BCUT2D eigenvalue weighted by atomic mass is 9.84. The van der Waals surface area contributed by atoms with E-state index < -0.39 is 0 Å². The highest BCUT2D eigenvalue weighted by molar-refractivity contribution is 4.98. The van der Waals surface area contributed by atoms with Crippen molar-refractivity contribution < 1.29 is 4.74 Å². The number of hydrogen-bond acceptors (Lipinski definition) is 1. The third-order valence-electron chi connectivity index (χ3n) is 2.92. The lowest BCUT2D eigenvalue weighted by molar-refractivity contribution is 0.285. The van der Waals surface area contributed by atoms with Crippen molar-refractivity contribution in [1.29, 1.82) is 0 Å². The van der Waals surface area contributed by atoms with Crippen LogP contribution in [0.1, 0.15) is 40.0 Å². The van der Waals surface area contributed by atoms with E-state index in [1.807, 2.05) is 6.08 Å². The van der Waals surface area contributed by atoms with E-state index in [0.717, 1.165) is 0 Å². The highest BCUT2D eigenvalue weighted by atomic mass is 16.6. The molecule has 0 spiro atoms. The van der Waals surface area contributed by atoms with Crippen molar-refractivity contribution >= 4 is 0 Å². The molecule has 1 aliphatic rings. The van der Waals surface area contributed by atoms with Gasteiger partial charge in [-0.2, -0.15) is 0 Å². The van der Waals surface area contributed by atoms with Crippen LogP contribution >= 0.6 is 0 Å². The monoisotopic (exact) mass is 168 g/mol. The van der Waals surface area contributed by atoms with E-state index in [1.54, 1.807) is 0 Å². The summed E-state index contributed by atoms with van der Waals surface area (Å²) in [4.78, 5) is 0. The summed E-state index contributed by atoms with van der Waals surface area (Å²) in [6.45, 7) is 10.6. The molecule has 0 radical (unpaired) electrons. The standard InChI is InChI=1S/C11H20O/c1-5-9-10(12-9)7-8-11(3,4)6-2/h5,9-10H,1,6-8H2,2-4H3. The SMILES string of the molecule is C=CC1OC1CCC(C)(C)CC. The predicted octanol–water partition coefficient (Wildman–Crippen LogP) is 3.16. The van der Waals surface area contributed by atoms with Crippen LogP contribution in [0, 0.1) is 5.41 Å². The second-order valence-electron chi connectivity index (χ2n) is 4.43. The van der Waals surface area contributed by atoms with Gasteiger partial charge in [0.15, 0.2) is 0 Å². The van der Waals surface area contributed by atoms with Gasteiger partial charge in [0.25, 0.3) is 0 Å². The van der Waals surface area contributed by atoms with Gasteiger partial charge in [0.1, 0.15) is 6.10 Å². The van der Waals surface area contributed by atoms with E-state index >= 15 is 0 Å². The lowest BCUT2D eigenvalue weighted by Crippen LogP contribution is -2.10. The van der Waals surface area contributed by atoms with E-state index in [-0.39, 0.29) is 0 Å². The average Bonchev–Trinajstić information content (AvgIpc) is 2.80. The van der Waals surface area contributed by atoms with Gasteiger partial charge in [-0.1, -0.05) is 33.3 Å². The van der Waals surface area contributed by atoms with Crippen molar-refractivity contribution in [3.8, 4) is 0 Å². The Balaban J connectivity index is 2.14. The summed E-state index contributed by atoms with van der Waals surface area (Å²) >= 11 is 0. The van der Waals surface area contributed by atoms with Gasteiger partial charge in [-0.25, -0.2) is 0 Å². The van der Waals surface area contributed by atoms with Gasteiger partial charge in [0.2, 0.25) is 0 Å². The minimum absolute atomic E-state index is 0.359. The molecule has 0 saturated carbocycles. The molecule has 70 valence electrons. The van der Waals surface area contributed by atoms with E-state index in [2.05, 4.69) is 27.4 Å². The molecule has 0 aromatic carbocycles. The fourth-order valence-corrected chi connectivity index (χ4v) is 1.31. The van der Waals surface area contributed by atoms with Crippen LogP contribution in [0.2, 0.25) is 0 Å². The van der Waals surface area contributed by atoms with Gasteiger partial charge in [0, 0.05) is 0 Å². The molecule has 0 bridgehead atoms. The summed E-state index contributed by atoms with van der Waals surface area (Å²) < 4.78 is 5.39. The zero-order valence-corrected chi connectivity index (χ0v) is 8.47. The van der Waals surface area contributed by atoms with Crippen LogP contribution in [-0.2, 0) is 4.74 Å². The Morgan fingerprint density at radius 2 is 2.17 bits per heavy atom. The minimum atomic E-state index is 0.359. The van der Waals surface area contributed by atoms with Gasteiger partial charge in [-0.05, 0) is 18.3 Å². The quantitative estimate of drug-likeness (QED) is 0.454. The maximum Gasteiger partial charge on any atom is 0.102 e. The summed E-state index contributed by atoms with van der Waals surface area (Å²) in [6.07, 6.45) is 6.45. The Bertz CT molecular complexity index is 160. The first-order chi connectivity index (χ1) is 5.59. The smallest absolute Gasteiger partial charge is 0.102 e. The van der Waals surface area contributed by atoms with Gasteiger partial charge in [-0.3, -0.25) is 0 Å². The molecule has 0 aliphatic carbocycles. The first-order valence-corrected chi connectivity index (χ1v) is 4.87. The zero-order chi connectivity index (χ0) is 9.19. The van der Waals surface area contributed by atoms with E-state index in [9.17, 15) is 0 Å². The van der Waals surface area contributed by atoms with Crippen LogP contribution in [0.5, 0.6) is 0 Å². The first-order valence-electron chi connectivity index (χ1n) is 4.87. The molecule has 0 aromatic heterocycles. The molecule has 0 amide bonds. The van der Waals surface area contributed by atoms with E-state index in [1.165, 1.54) is 19.3 Å². The Hall–Kier alpha value is -0.300. The molecule has 1 saturated heterocycles. The Morgan fingerprint density at radius 3 is 2.58 bits per heavy atom. The maximum atomic E-state index is 5.39. The maximum absolute atomic E-state index is 5.39. The molecule has 1 fully saturated rings. The normalized spacial score (nSPS) is 28.6. The molecule has 1 aliphatic heterocycles. The molecule has 2 atom stereocenters. The minimum Gasteiger partial charge on any atom is -0.365 e. The van der Waals surface area contributed by atoms with Crippen LogP contribution in [0.4, 0.5) is 0 Å². The molecule has 12 heavy (non-hydrogen) atoms. The van der Waals surface area contributed by atoms with Gasteiger partial charge >= 0.3 is 0 Å². The topological polar surface area (TPSA) is 12.5 Å². The summed E-state index contributed by atoms with van der Waals surface area (Å²) in [5.74, 6) is 0. The Kier molecular flexibility index (Phi) is 2.94. The van der Waals surface area contributed by atoms with E-state index in [0.29, 0.717) is 17.6 Å². The van der Waals surface area contributed by atoms with Crippen LogP contribution in [0.3, 0.4) is 0 Å². The number of rotatable bonds is 5. The highest BCUT2D eigenvalue weighted by Crippen LogP contribution is 2.33. The molecular formula is C11H20O. The molecule has 1 heteroatoms. The molecule has 0 N–H and O–H groups in total. The van der Waals surface area contributed by atoms with Gasteiger partial charge in [-0.15, -0.1) is 6.58 Å². The summed E-state index contributed by atoms with van der Waals surface area (Å²) in [7, 11) is 0. The van der Waals surface area contributed by atoms with Crippen LogP contribution in [-0.4, -0.2) is 12.2 Å². The second-order valence-corrected chi connectivity index (χ2v) is 4.43. The van der Waals surface area contributed by atoms with Crippen molar-refractivity contribution in [2.24, 2.45) is 5.41 Å². The number of ether oxygens (including phenoxy) is 1. The third kappa shape index (κ3) is 2.63. The third-order valence-corrected chi connectivity index (χ3v) is 2.92. The van der Waals surface area contributed by atoms with Crippen LogP contribution < -0.4 is 0 Å². The van der Waals surface area contributed by atoms with Crippen molar-refractivity contribution in [3.63, 3.8) is 0 Å². The predicted molar refractivity (Wildman–Crippen MR) is 52.2 cm³/mol. The van der Waals surface area contributed by atoms with Crippen molar-refractivity contribution in [2.75, 3.05) is 0 Å². The lowest BCUT2D eigenvalue weighted by Gasteiger charge is -2.21. The zero-order valence-electron chi connectivity index (χ0n) is 8.47. The second kappa shape index (κ2) is 3.61. The fraction of sp³-hybridized carbons (Fsp3) is 0.818. The molecule has 1 rings (SSSR count). The van der Waals surface area contributed by atoms with Gasteiger partial charge < -0.3 is 4.74 Å². The van der Waals surface area contributed by atoms with Crippen LogP contribution in [0.25, 0.3) is 0 Å². The van der Waals surface area contributed by atoms with Crippen molar-refractivity contribution in [3.05, 3.63) is 12.7 Å². The molecular weight excluding hydrogens is 148 g/mol. The Labute approximate surface area is 75.8 Å². The van der Waals surface area contributed by atoms with Crippen molar-refractivity contribution in [1.82, 2.24) is 0 Å². The largest absolute Gasteiger partial charge is 0.365 e. The van der Waals surface area contributed by atoms with Crippen LogP contribution in [0.15, 0.2) is 12.7 Å². The number of epoxide rings is 1. The molecule has 1 heterocycles. The highest BCUT2D eigenvalue weighted by Gasteiger charge is 2.36. The summed E-state index contributed by atoms with van der Waals surface area (Å²) in [6, 6.07) is 0. The van der Waals surface area contributed by atoms with Crippen molar-refractivity contribution in [2.45, 2.75) is 52.2 Å². The first kappa shape index (κ1) is 9.79. The summed E-state index contributed by atoms with van der Waals surface area (Å²) in [5, 5.41) is 0. The van der Waals surface area contributed by atoms with E-state index in [4.69, 9.17) is 4.74 Å². The van der Waals surface area contributed by atoms with Gasteiger partial charge in [0.05, 0.1) is 6.10 Å². The molecule has 0 aromatic rings. The Morgan fingerprint density at radius 1 is 1.50 bits per heavy atom. The fourth-order valence-electron chi connectivity index (χ4n) is 1.31. The number of hydrogen-bond donors (Lipinski definition) is 0.